The molecule has 3 heterocycles. The van der Waals surface area contributed by atoms with Gasteiger partial charge < -0.3 is 13.6 Å². The molecule has 4 heteroatoms. The fourth-order valence-electron chi connectivity index (χ4n) is 3.07. The predicted octanol–water partition coefficient (Wildman–Crippen LogP) is 5.02. The van der Waals surface area contributed by atoms with Crippen LogP contribution in [0.2, 0.25) is 0 Å². The molecule has 1 aliphatic heterocycles. The lowest BCUT2D eigenvalue weighted by atomic mass is 10.0. The van der Waals surface area contributed by atoms with Gasteiger partial charge in [-0.05, 0) is 68.4 Å². The van der Waals surface area contributed by atoms with Crippen LogP contribution in [-0.2, 0) is 22.4 Å². The topological polar surface area (TPSA) is 52.6 Å². The second kappa shape index (κ2) is 8.56. The zero-order chi connectivity index (χ0) is 17.5. The van der Waals surface area contributed by atoms with E-state index < -0.39 is 0 Å². The van der Waals surface area contributed by atoms with Crippen molar-refractivity contribution in [3.63, 3.8) is 0 Å². The van der Waals surface area contributed by atoms with Crippen LogP contribution in [-0.4, -0.2) is 12.1 Å². The largest absolute Gasteiger partial charge is 0.472 e. The quantitative estimate of drug-likeness (QED) is 0.385. The molecule has 25 heavy (non-hydrogen) atoms. The highest BCUT2D eigenvalue weighted by atomic mass is 16.5. The van der Waals surface area contributed by atoms with E-state index in [4.69, 9.17) is 13.6 Å². The summed E-state index contributed by atoms with van der Waals surface area (Å²) in [4.78, 5) is 12.0. The molecule has 0 aromatic carbocycles. The number of esters is 1. The summed E-state index contributed by atoms with van der Waals surface area (Å²) < 4.78 is 15.6. The van der Waals surface area contributed by atoms with Gasteiger partial charge >= 0.3 is 5.97 Å². The van der Waals surface area contributed by atoms with Crippen LogP contribution in [0, 0.1) is 0 Å². The van der Waals surface area contributed by atoms with E-state index in [2.05, 4.69) is 13.0 Å². The first-order valence-electron chi connectivity index (χ1n) is 8.80. The number of rotatable bonds is 8. The van der Waals surface area contributed by atoms with Gasteiger partial charge in [-0.25, -0.2) is 4.79 Å². The third-order valence-electron chi connectivity index (χ3n) is 4.43. The maximum Gasteiger partial charge on any atom is 0.334 e. The van der Waals surface area contributed by atoms with Crippen LogP contribution < -0.4 is 0 Å². The van der Waals surface area contributed by atoms with Crippen molar-refractivity contribution in [2.24, 2.45) is 0 Å². The number of hydrogen-bond acceptors (Lipinski definition) is 4. The van der Waals surface area contributed by atoms with Crippen molar-refractivity contribution in [3.8, 4) is 0 Å². The lowest BCUT2D eigenvalue weighted by Crippen LogP contribution is -2.03. The molecule has 1 unspecified atom stereocenters. The number of allylic oxidation sites excluding steroid dienone is 2. The monoisotopic (exact) mass is 340 g/mol. The SMILES string of the molecule is C/C(=C\C1C/C(=C/CCc2ccoc2)C(=O)O1)CCCc1ccoc1. The maximum atomic E-state index is 12.0. The molecule has 0 amide bonds. The minimum absolute atomic E-state index is 0.124. The Bertz CT molecular complexity index is 720. The van der Waals surface area contributed by atoms with Crippen molar-refractivity contribution in [2.75, 3.05) is 0 Å². The van der Waals surface area contributed by atoms with Gasteiger partial charge in [0.05, 0.1) is 25.1 Å². The Labute approximate surface area is 148 Å². The number of ether oxygens (including phenoxy) is 1. The normalized spacial score (nSPS) is 19.6. The maximum absolute atomic E-state index is 12.0. The highest BCUT2D eigenvalue weighted by Gasteiger charge is 2.26. The Hall–Kier alpha value is -2.49. The van der Waals surface area contributed by atoms with Crippen molar-refractivity contribution in [2.45, 2.75) is 51.6 Å². The summed E-state index contributed by atoms with van der Waals surface area (Å²) >= 11 is 0. The van der Waals surface area contributed by atoms with E-state index >= 15 is 0 Å². The van der Waals surface area contributed by atoms with Crippen molar-refractivity contribution in [3.05, 3.63) is 71.6 Å². The van der Waals surface area contributed by atoms with E-state index in [1.807, 2.05) is 18.2 Å². The zero-order valence-electron chi connectivity index (χ0n) is 14.6. The van der Waals surface area contributed by atoms with Crippen LogP contribution in [0.1, 0.15) is 43.7 Å². The number of carbonyl (C=O) groups is 1. The molecule has 0 N–H and O–H groups in total. The summed E-state index contributed by atoms with van der Waals surface area (Å²) in [6.45, 7) is 2.10. The third-order valence-corrected chi connectivity index (χ3v) is 4.43. The van der Waals surface area contributed by atoms with Crippen LogP contribution in [0.15, 0.2) is 69.3 Å². The minimum atomic E-state index is -0.181. The summed E-state index contributed by atoms with van der Waals surface area (Å²) in [5.41, 5.74) is 4.42. The average molecular weight is 340 g/mol. The van der Waals surface area contributed by atoms with E-state index in [0.29, 0.717) is 6.42 Å². The number of carbonyl (C=O) groups excluding carboxylic acids is 1. The lowest BCUT2D eigenvalue weighted by molar-refractivity contribution is -0.137. The van der Waals surface area contributed by atoms with Gasteiger partial charge in [-0.1, -0.05) is 11.6 Å². The highest BCUT2D eigenvalue weighted by Crippen LogP contribution is 2.24. The molecule has 4 nitrogen and oxygen atoms in total. The molecule has 1 fully saturated rings. The standard InChI is InChI=1S/C21H24O4/c1-16(4-2-5-17-8-10-23-14-17)12-20-13-19(21(22)25-20)7-3-6-18-9-11-24-15-18/h7-12,14-15,20H,2-6,13H2,1H3/b16-12+,19-7-. The van der Waals surface area contributed by atoms with Crippen molar-refractivity contribution < 1.29 is 18.4 Å². The molecule has 3 rings (SSSR count). The summed E-state index contributed by atoms with van der Waals surface area (Å²) in [7, 11) is 0. The molecule has 0 aliphatic carbocycles. The second-order valence-electron chi connectivity index (χ2n) is 6.55. The number of cyclic esters (lactones) is 1. The van der Waals surface area contributed by atoms with Crippen LogP contribution in [0.25, 0.3) is 0 Å². The van der Waals surface area contributed by atoms with Crippen molar-refractivity contribution in [1.82, 2.24) is 0 Å². The fourth-order valence-corrected chi connectivity index (χ4v) is 3.07. The van der Waals surface area contributed by atoms with Crippen LogP contribution in [0.4, 0.5) is 0 Å². The smallest absolute Gasteiger partial charge is 0.334 e. The number of aryl methyl sites for hydroxylation is 2. The van der Waals surface area contributed by atoms with E-state index in [1.165, 1.54) is 11.1 Å². The predicted molar refractivity (Wildman–Crippen MR) is 95.0 cm³/mol. The van der Waals surface area contributed by atoms with Gasteiger partial charge in [-0.3, -0.25) is 0 Å². The van der Waals surface area contributed by atoms with Crippen LogP contribution in [0.3, 0.4) is 0 Å². The van der Waals surface area contributed by atoms with Crippen LogP contribution >= 0.6 is 0 Å². The van der Waals surface area contributed by atoms with Crippen molar-refractivity contribution in [1.29, 1.82) is 0 Å². The van der Waals surface area contributed by atoms with Gasteiger partial charge in [-0.15, -0.1) is 0 Å². The Morgan fingerprint density at radius 2 is 1.88 bits per heavy atom. The first kappa shape index (κ1) is 17.3. The number of furan rings is 2. The first-order chi connectivity index (χ1) is 12.2. The molecule has 132 valence electrons. The zero-order valence-corrected chi connectivity index (χ0v) is 14.6. The molecule has 0 spiro atoms. The molecule has 1 aliphatic rings. The van der Waals surface area contributed by atoms with Crippen molar-refractivity contribution >= 4 is 5.97 Å². The van der Waals surface area contributed by atoms with Gasteiger partial charge in [0, 0.05) is 12.0 Å². The summed E-state index contributed by atoms with van der Waals surface area (Å²) in [5.74, 6) is -0.181. The van der Waals surface area contributed by atoms with E-state index in [0.717, 1.165) is 43.2 Å². The average Bonchev–Trinajstić information content (AvgIpc) is 3.31. The first-order valence-corrected chi connectivity index (χ1v) is 8.80. The molecule has 0 bridgehead atoms. The molecule has 1 atom stereocenters. The van der Waals surface area contributed by atoms with E-state index in [9.17, 15) is 4.79 Å². The van der Waals surface area contributed by atoms with Gasteiger partial charge in [0.15, 0.2) is 0 Å². The second-order valence-corrected chi connectivity index (χ2v) is 6.55. The molecular weight excluding hydrogens is 316 g/mol. The Kier molecular flexibility index (Phi) is 5.94. The van der Waals surface area contributed by atoms with E-state index in [1.54, 1.807) is 25.1 Å². The third kappa shape index (κ3) is 5.24. The Morgan fingerprint density at radius 3 is 2.56 bits per heavy atom. The summed E-state index contributed by atoms with van der Waals surface area (Å²) in [5, 5.41) is 0. The lowest BCUT2D eigenvalue weighted by Gasteiger charge is -2.05. The summed E-state index contributed by atoms with van der Waals surface area (Å²) in [6.07, 6.45) is 16.3. The van der Waals surface area contributed by atoms with Gasteiger partial charge in [-0.2, -0.15) is 0 Å². The van der Waals surface area contributed by atoms with E-state index in [-0.39, 0.29) is 12.1 Å². The Morgan fingerprint density at radius 1 is 1.16 bits per heavy atom. The molecule has 1 saturated heterocycles. The van der Waals surface area contributed by atoms with Gasteiger partial charge in [0.1, 0.15) is 6.10 Å². The molecule has 0 saturated carbocycles. The highest BCUT2D eigenvalue weighted by molar-refractivity contribution is 5.90. The number of hydrogen-bond donors (Lipinski definition) is 0. The Balaban J connectivity index is 1.44. The molecular formula is C21H24O4. The van der Waals surface area contributed by atoms with Gasteiger partial charge in [0.25, 0.3) is 0 Å². The molecule has 0 radical (unpaired) electrons. The minimum Gasteiger partial charge on any atom is -0.472 e. The molecule has 2 aromatic heterocycles. The summed E-state index contributed by atoms with van der Waals surface area (Å²) in [6, 6.07) is 3.95. The molecule has 2 aromatic rings. The van der Waals surface area contributed by atoms with Gasteiger partial charge in [0.2, 0.25) is 0 Å². The van der Waals surface area contributed by atoms with Crippen LogP contribution in [0.5, 0.6) is 0 Å². The fraction of sp³-hybridized carbons (Fsp3) is 0.381.